The molecule has 0 spiro atoms. The van der Waals surface area contributed by atoms with Crippen LogP contribution < -0.4 is 4.90 Å². The van der Waals surface area contributed by atoms with Crippen molar-refractivity contribution in [3.8, 4) is 0 Å². The zero-order chi connectivity index (χ0) is 17.1. The summed E-state index contributed by atoms with van der Waals surface area (Å²) < 4.78 is 8.54. The molecule has 1 aromatic heterocycles. The number of hydrogen-bond donors (Lipinski definition) is 0. The molecule has 6 nitrogen and oxygen atoms in total. The zero-order valence-corrected chi connectivity index (χ0v) is 14.9. The molecule has 5 rings (SSSR count). The van der Waals surface area contributed by atoms with Crippen molar-refractivity contribution >= 4 is 33.4 Å². The second kappa shape index (κ2) is 5.51. The van der Waals surface area contributed by atoms with Crippen molar-refractivity contribution in [1.82, 2.24) is 9.78 Å². The normalized spacial score (nSPS) is 30.4. The molecule has 0 radical (unpaired) electrons. The first-order valence-electron chi connectivity index (χ1n) is 8.42. The van der Waals surface area contributed by atoms with Crippen LogP contribution in [0.1, 0.15) is 18.4 Å². The molecule has 3 fully saturated rings. The van der Waals surface area contributed by atoms with Gasteiger partial charge < -0.3 is 4.74 Å². The van der Waals surface area contributed by atoms with Crippen molar-refractivity contribution in [2.24, 2.45) is 11.8 Å². The molecule has 4 atom stereocenters. The summed E-state index contributed by atoms with van der Waals surface area (Å²) in [4.78, 5) is 26.9. The van der Waals surface area contributed by atoms with Crippen LogP contribution >= 0.6 is 15.9 Å². The van der Waals surface area contributed by atoms with E-state index in [0.717, 1.165) is 22.9 Å². The van der Waals surface area contributed by atoms with Crippen LogP contribution in [0.2, 0.25) is 0 Å². The summed E-state index contributed by atoms with van der Waals surface area (Å²) in [6.45, 7) is 0.588. The summed E-state index contributed by atoms with van der Waals surface area (Å²) >= 11 is 3.42. The lowest BCUT2D eigenvalue weighted by molar-refractivity contribution is -0.124. The maximum absolute atomic E-state index is 12.8. The molecule has 4 heterocycles. The number of ether oxygens (including phenoxy) is 1. The average molecular weight is 402 g/mol. The third kappa shape index (κ3) is 2.29. The third-order valence-electron chi connectivity index (χ3n) is 5.42. The maximum Gasteiger partial charge on any atom is 0.240 e. The van der Waals surface area contributed by atoms with Gasteiger partial charge in [0.05, 0.1) is 42.5 Å². The van der Waals surface area contributed by atoms with E-state index in [1.165, 1.54) is 4.90 Å². The Bertz CT molecular complexity index is 835. The number of rotatable bonds is 3. The van der Waals surface area contributed by atoms with Crippen LogP contribution in [-0.4, -0.2) is 33.8 Å². The Morgan fingerprint density at radius 2 is 1.72 bits per heavy atom. The molecule has 2 aromatic rings. The quantitative estimate of drug-likeness (QED) is 0.740. The van der Waals surface area contributed by atoms with E-state index in [1.54, 1.807) is 17.1 Å². The smallest absolute Gasteiger partial charge is 0.240 e. The first-order chi connectivity index (χ1) is 12.1. The number of anilines is 1. The molecule has 0 N–H and O–H groups in total. The topological polar surface area (TPSA) is 64.4 Å². The van der Waals surface area contributed by atoms with E-state index < -0.39 is 0 Å². The van der Waals surface area contributed by atoms with Crippen LogP contribution in [0.15, 0.2) is 41.1 Å². The van der Waals surface area contributed by atoms with Gasteiger partial charge in [0.25, 0.3) is 0 Å². The zero-order valence-electron chi connectivity index (χ0n) is 13.3. The fraction of sp³-hybridized carbons (Fsp3) is 0.389. The van der Waals surface area contributed by atoms with Gasteiger partial charge in [-0.25, -0.2) is 4.90 Å². The fourth-order valence-electron chi connectivity index (χ4n) is 4.30. The molecule has 1 aromatic carbocycles. The van der Waals surface area contributed by atoms with Gasteiger partial charge in [-0.1, -0.05) is 28.1 Å². The predicted molar refractivity (Wildman–Crippen MR) is 92.8 cm³/mol. The second-order valence-electron chi connectivity index (χ2n) is 6.88. The van der Waals surface area contributed by atoms with E-state index in [0.29, 0.717) is 12.2 Å². The minimum Gasteiger partial charge on any atom is -0.373 e. The third-order valence-corrected chi connectivity index (χ3v) is 5.95. The lowest BCUT2D eigenvalue weighted by Crippen LogP contribution is -2.33. The molecule has 0 unspecified atom stereocenters. The number of fused-ring (bicyclic) bond motifs is 5. The van der Waals surface area contributed by atoms with E-state index in [-0.39, 0.29) is 35.9 Å². The van der Waals surface area contributed by atoms with E-state index in [4.69, 9.17) is 4.74 Å². The van der Waals surface area contributed by atoms with Crippen LogP contribution in [0.25, 0.3) is 0 Å². The van der Waals surface area contributed by atoms with Crippen LogP contribution in [0.3, 0.4) is 0 Å². The number of imide groups is 1. The highest BCUT2D eigenvalue weighted by atomic mass is 79.9. The lowest BCUT2D eigenvalue weighted by Gasteiger charge is -2.15. The van der Waals surface area contributed by atoms with Gasteiger partial charge in [0.1, 0.15) is 0 Å². The lowest BCUT2D eigenvalue weighted by atomic mass is 9.81. The van der Waals surface area contributed by atoms with Gasteiger partial charge in [0, 0.05) is 10.7 Å². The summed E-state index contributed by atoms with van der Waals surface area (Å²) in [5.74, 6) is -0.877. The van der Waals surface area contributed by atoms with Gasteiger partial charge >= 0.3 is 0 Å². The fourth-order valence-corrected chi connectivity index (χ4v) is 4.56. The highest BCUT2D eigenvalue weighted by molar-refractivity contribution is 9.10. The van der Waals surface area contributed by atoms with Crippen molar-refractivity contribution in [3.63, 3.8) is 0 Å². The van der Waals surface area contributed by atoms with E-state index >= 15 is 0 Å². The number of carbonyl (C=O) groups is 2. The van der Waals surface area contributed by atoms with Crippen LogP contribution in [0, 0.1) is 11.8 Å². The number of hydrogen-bond acceptors (Lipinski definition) is 4. The summed E-state index contributed by atoms with van der Waals surface area (Å²) in [5.41, 5.74) is 1.65. The summed E-state index contributed by atoms with van der Waals surface area (Å²) in [5, 5.41) is 4.32. The molecule has 25 heavy (non-hydrogen) atoms. The minimum absolute atomic E-state index is 0.0886. The molecule has 128 valence electrons. The van der Waals surface area contributed by atoms with Gasteiger partial charge in [-0.2, -0.15) is 5.10 Å². The number of aromatic nitrogens is 2. The van der Waals surface area contributed by atoms with Crippen LogP contribution in [0.5, 0.6) is 0 Å². The number of halogens is 1. The Kier molecular flexibility index (Phi) is 3.36. The Labute approximate surface area is 152 Å². The van der Waals surface area contributed by atoms with Gasteiger partial charge in [-0.15, -0.1) is 0 Å². The first-order valence-corrected chi connectivity index (χ1v) is 9.21. The molecule has 2 bridgehead atoms. The molecule has 3 saturated heterocycles. The Morgan fingerprint density at radius 1 is 1.08 bits per heavy atom. The number of benzene rings is 1. The molecular formula is C18H16BrN3O3. The largest absolute Gasteiger partial charge is 0.373 e. The van der Waals surface area contributed by atoms with Gasteiger partial charge in [-0.3, -0.25) is 14.3 Å². The van der Waals surface area contributed by atoms with Crippen molar-refractivity contribution in [3.05, 3.63) is 46.7 Å². The molecule has 3 aliphatic heterocycles. The Balaban J connectivity index is 1.39. The van der Waals surface area contributed by atoms with Crippen LogP contribution in [-0.2, 0) is 20.9 Å². The van der Waals surface area contributed by atoms with Gasteiger partial charge in [0.15, 0.2) is 0 Å². The van der Waals surface area contributed by atoms with Crippen molar-refractivity contribution in [2.45, 2.75) is 31.6 Å². The summed E-state index contributed by atoms with van der Waals surface area (Å²) in [7, 11) is 0. The molecule has 7 heteroatoms. The molecular weight excluding hydrogens is 386 g/mol. The maximum atomic E-state index is 12.8. The Hall–Kier alpha value is -1.99. The molecule has 0 aliphatic carbocycles. The number of carbonyl (C=O) groups excluding carboxylic acids is 2. The average Bonchev–Trinajstić information content (AvgIpc) is 3.35. The van der Waals surface area contributed by atoms with Crippen molar-refractivity contribution in [2.75, 3.05) is 4.90 Å². The summed E-state index contributed by atoms with van der Waals surface area (Å²) in [6, 6.07) is 7.97. The highest BCUT2D eigenvalue weighted by Gasteiger charge is 2.62. The first kappa shape index (κ1) is 15.3. The SMILES string of the molecule is O=C1[C@@H]2[C@H](C(=O)N1c1cnn(Cc3ccc(Br)cc3)c1)[C@H]1CC[C@H]2O1. The Morgan fingerprint density at radius 3 is 2.36 bits per heavy atom. The van der Waals surface area contributed by atoms with Crippen molar-refractivity contribution in [1.29, 1.82) is 0 Å². The monoisotopic (exact) mass is 401 g/mol. The summed E-state index contributed by atoms with van der Waals surface area (Å²) in [6.07, 6.45) is 4.94. The number of amides is 2. The van der Waals surface area contributed by atoms with E-state index in [1.807, 2.05) is 24.3 Å². The molecule has 2 amide bonds. The van der Waals surface area contributed by atoms with E-state index in [2.05, 4.69) is 21.0 Å². The van der Waals surface area contributed by atoms with Gasteiger partial charge in [0.2, 0.25) is 11.8 Å². The highest BCUT2D eigenvalue weighted by Crippen LogP contribution is 2.49. The van der Waals surface area contributed by atoms with Gasteiger partial charge in [-0.05, 0) is 30.5 Å². The molecule has 3 aliphatic rings. The minimum atomic E-state index is -0.305. The standard InChI is InChI=1S/C18H16BrN3O3/c19-11-3-1-10(2-4-11)8-21-9-12(7-20-21)22-17(23)15-13-5-6-14(25-13)16(15)18(22)24/h1-4,7,9,13-16H,5-6,8H2/t13-,14-,15-,16+/m1/s1. The molecule has 0 saturated carbocycles. The van der Waals surface area contributed by atoms with Crippen molar-refractivity contribution < 1.29 is 14.3 Å². The second-order valence-corrected chi connectivity index (χ2v) is 7.79. The van der Waals surface area contributed by atoms with E-state index in [9.17, 15) is 9.59 Å². The predicted octanol–water partition coefficient (Wildman–Crippen LogP) is 2.36. The van der Waals surface area contributed by atoms with Crippen LogP contribution in [0.4, 0.5) is 5.69 Å². The number of nitrogens with zero attached hydrogens (tertiary/aromatic N) is 3.